The lowest BCUT2D eigenvalue weighted by molar-refractivity contribution is -0.151. The first kappa shape index (κ1) is 42.9. The smallest absolute Gasteiger partial charge is 0.430 e. The molecule has 308 valence electrons. The highest BCUT2D eigenvalue weighted by molar-refractivity contribution is 7.89. The van der Waals surface area contributed by atoms with Gasteiger partial charge in [0.05, 0.1) is 18.7 Å². The second-order valence-electron chi connectivity index (χ2n) is 16.1. The molecule has 3 unspecified atom stereocenters. The predicted molar refractivity (Wildman–Crippen MR) is 213 cm³/mol. The number of nitrogens with one attached hydrogen (secondary N) is 1. The van der Waals surface area contributed by atoms with Gasteiger partial charge < -0.3 is 18.9 Å². The number of nitrogens with zero attached hydrogens (tertiary/aromatic N) is 5. The maximum absolute atomic E-state index is 14.5. The molecule has 5 rings (SSSR count). The number of benzene rings is 3. The van der Waals surface area contributed by atoms with Gasteiger partial charge in [-0.05, 0) is 115 Å². The third-order valence-electron chi connectivity index (χ3n) is 9.44. The van der Waals surface area contributed by atoms with Crippen molar-refractivity contribution in [3.05, 3.63) is 82.4 Å². The topological polar surface area (TPSA) is 171 Å². The summed E-state index contributed by atoms with van der Waals surface area (Å²) in [7, 11) is -2.25. The number of aromatic nitrogens is 3. The SMILES string of the molecule is CCOC(=O)C(C(c1ccc(C)c(CN2CC(CC)Oc3ccccc3S2(=O)=O)c1)c1ccc2c(nnn2C)c1C)N(NC(=O)OC(C)(C)C)C(=O)OC(C)(C)C. The van der Waals surface area contributed by atoms with Gasteiger partial charge in [0.15, 0.2) is 6.04 Å². The van der Waals surface area contributed by atoms with Crippen molar-refractivity contribution in [1.29, 1.82) is 0 Å². The monoisotopic (exact) mass is 806 g/mol. The minimum absolute atomic E-state index is 0.0267. The maximum Gasteiger partial charge on any atom is 0.430 e. The van der Waals surface area contributed by atoms with Crippen molar-refractivity contribution in [3.63, 3.8) is 0 Å². The molecular weight excluding hydrogens is 753 g/mol. The summed E-state index contributed by atoms with van der Waals surface area (Å²) in [5, 5.41) is 9.42. The van der Waals surface area contributed by atoms with Gasteiger partial charge in [-0.2, -0.15) is 4.31 Å². The van der Waals surface area contributed by atoms with Crippen LogP contribution in [0, 0.1) is 13.8 Å². The van der Waals surface area contributed by atoms with Crippen LogP contribution < -0.4 is 10.2 Å². The highest BCUT2D eigenvalue weighted by Crippen LogP contribution is 2.38. The van der Waals surface area contributed by atoms with Crippen LogP contribution in [-0.2, 0) is 42.6 Å². The fourth-order valence-electron chi connectivity index (χ4n) is 6.72. The molecule has 0 saturated heterocycles. The molecule has 1 N–H and O–H groups in total. The second kappa shape index (κ2) is 16.7. The van der Waals surface area contributed by atoms with Crippen molar-refractivity contribution in [2.45, 2.75) is 116 Å². The van der Waals surface area contributed by atoms with Crippen LogP contribution in [0.4, 0.5) is 9.59 Å². The first-order chi connectivity index (χ1) is 26.6. The molecule has 16 heteroatoms. The van der Waals surface area contributed by atoms with Gasteiger partial charge in [0, 0.05) is 19.5 Å². The van der Waals surface area contributed by atoms with E-state index in [0.29, 0.717) is 39.9 Å². The summed E-state index contributed by atoms with van der Waals surface area (Å²) in [4.78, 5) is 42.3. The zero-order valence-electron chi connectivity index (χ0n) is 34.6. The molecule has 0 saturated carbocycles. The lowest BCUT2D eigenvalue weighted by Gasteiger charge is -2.37. The van der Waals surface area contributed by atoms with Gasteiger partial charge in [-0.3, -0.25) is 0 Å². The summed E-state index contributed by atoms with van der Waals surface area (Å²) in [6.07, 6.45) is -1.89. The standard InChI is InChI=1S/C41H54N6O9S/c1-12-29-24-46(57(51,52)33-17-15-14-16-32(33)54-29)23-28-22-27(19-18-25(28)3)34(30-20-21-31-35(26(30)4)42-44-45(31)11)36(37(48)53-13-2)47(39(50)56-41(8,9)10)43-38(49)55-40(5,6)7/h14-22,29,34,36H,12-13,23-24H2,1-11H3,(H,43,49). The highest BCUT2D eigenvalue weighted by Gasteiger charge is 2.44. The Hall–Kier alpha value is -5.22. The number of carbonyl (C=O) groups excluding carboxylic acids is 3. The number of ether oxygens (including phenoxy) is 4. The molecule has 3 atom stereocenters. The van der Waals surface area contributed by atoms with E-state index in [4.69, 9.17) is 18.9 Å². The number of para-hydroxylation sites is 1. The van der Waals surface area contributed by atoms with E-state index in [1.807, 2.05) is 45.0 Å². The van der Waals surface area contributed by atoms with E-state index in [1.165, 1.54) is 10.4 Å². The number of hydrogen-bond donors (Lipinski definition) is 1. The largest absolute Gasteiger partial charge is 0.488 e. The van der Waals surface area contributed by atoms with E-state index in [0.717, 1.165) is 16.1 Å². The lowest BCUT2D eigenvalue weighted by atomic mass is 9.81. The fourth-order valence-corrected chi connectivity index (χ4v) is 8.29. The molecule has 0 radical (unpaired) electrons. The third-order valence-corrected chi connectivity index (χ3v) is 11.3. The summed E-state index contributed by atoms with van der Waals surface area (Å²) in [5.74, 6) is -1.60. The summed E-state index contributed by atoms with van der Waals surface area (Å²) in [5.41, 5.74) is 4.93. The lowest BCUT2D eigenvalue weighted by Crippen LogP contribution is -2.59. The van der Waals surface area contributed by atoms with Crippen LogP contribution in [0.5, 0.6) is 5.75 Å². The number of rotatable bonds is 9. The summed E-state index contributed by atoms with van der Waals surface area (Å²) in [6.45, 7) is 17.3. The molecule has 3 aromatic carbocycles. The van der Waals surface area contributed by atoms with E-state index >= 15 is 0 Å². The van der Waals surface area contributed by atoms with Gasteiger partial charge in [0.2, 0.25) is 10.0 Å². The highest BCUT2D eigenvalue weighted by atomic mass is 32.2. The van der Waals surface area contributed by atoms with Gasteiger partial charge in [0.1, 0.15) is 33.5 Å². The number of esters is 1. The van der Waals surface area contributed by atoms with Crippen LogP contribution in [-0.4, -0.2) is 87.4 Å². The molecule has 0 fully saturated rings. The van der Waals surface area contributed by atoms with Gasteiger partial charge in [0.25, 0.3) is 0 Å². The second-order valence-corrected chi connectivity index (χ2v) is 18.0. The van der Waals surface area contributed by atoms with Crippen LogP contribution in [0.2, 0.25) is 0 Å². The normalized spacial score (nSPS) is 16.7. The third kappa shape index (κ3) is 9.67. The Balaban J connectivity index is 1.74. The number of amides is 2. The quantitative estimate of drug-likeness (QED) is 0.109. The van der Waals surface area contributed by atoms with E-state index in [2.05, 4.69) is 15.7 Å². The Morgan fingerprint density at radius 1 is 0.982 bits per heavy atom. The molecule has 1 aliphatic rings. The number of sulfonamides is 1. The molecule has 0 spiro atoms. The maximum atomic E-state index is 14.5. The van der Waals surface area contributed by atoms with Gasteiger partial charge in [-0.25, -0.2) is 37.9 Å². The molecule has 4 aromatic rings. The van der Waals surface area contributed by atoms with Crippen LogP contribution in [0.25, 0.3) is 11.0 Å². The Morgan fingerprint density at radius 3 is 2.32 bits per heavy atom. The van der Waals surface area contributed by atoms with E-state index < -0.39 is 57.4 Å². The number of aryl methyl sites for hydroxylation is 3. The Morgan fingerprint density at radius 2 is 1.67 bits per heavy atom. The Labute approximate surface area is 334 Å². The Bertz CT molecular complexity index is 2240. The molecule has 0 aliphatic carbocycles. The van der Waals surface area contributed by atoms with E-state index in [9.17, 15) is 22.8 Å². The minimum atomic E-state index is -4.01. The van der Waals surface area contributed by atoms with Crippen LogP contribution in [0.3, 0.4) is 0 Å². The van der Waals surface area contributed by atoms with Crippen molar-refractivity contribution in [2.24, 2.45) is 7.05 Å². The first-order valence-electron chi connectivity index (χ1n) is 19.0. The predicted octanol–water partition coefficient (Wildman–Crippen LogP) is 6.69. The van der Waals surface area contributed by atoms with Crippen molar-refractivity contribution in [1.82, 2.24) is 29.7 Å². The van der Waals surface area contributed by atoms with E-state index in [-0.39, 0.29) is 24.6 Å². The molecule has 1 aromatic heterocycles. The number of fused-ring (bicyclic) bond motifs is 2. The van der Waals surface area contributed by atoms with E-state index in [1.54, 1.807) is 84.5 Å². The molecule has 57 heavy (non-hydrogen) atoms. The number of hydrogen-bond acceptors (Lipinski definition) is 11. The van der Waals surface area contributed by atoms with Gasteiger partial charge in [-0.15, -0.1) is 5.10 Å². The fraction of sp³-hybridized carbons (Fsp3) is 0.488. The molecular formula is C41H54N6O9S. The average Bonchev–Trinajstić information content (AvgIpc) is 3.45. The summed E-state index contributed by atoms with van der Waals surface area (Å²) >= 11 is 0. The van der Waals surface area contributed by atoms with Crippen molar-refractivity contribution in [2.75, 3.05) is 13.2 Å². The first-order valence-corrected chi connectivity index (χ1v) is 20.4. The summed E-state index contributed by atoms with van der Waals surface area (Å²) in [6, 6.07) is 14.1. The summed E-state index contributed by atoms with van der Waals surface area (Å²) < 4.78 is 54.6. The zero-order valence-corrected chi connectivity index (χ0v) is 35.4. The van der Waals surface area contributed by atoms with Crippen molar-refractivity contribution >= 4 is 39.2 Å². The Kier molecular flexibility index (Phi) is 12.6. The molecule has 1 aliphatic heterocycles. The van der Waals surface area contributed by atoms with Crippen molar-refractivity contribution < 1.29 is 41.7 Å². The minimum Gasteiger partial charge on any atom is -0.488 e. The molecule has 0 bridgehead atoms. The molecule has 2 heterocycles. The van der Waals surface area contributed by atoms with Gasteiger partial charge in [-0.1, -0.05) is 48.5 Å². The van der Waals surface area contributed by atoms with Crippen LogP contribution in [0.15, 0.2) is 59.5 Å². The van der Waals surface area contributed by atoms with Crippen LogP contribution in [0.1, 0.15) is 95.5 Å². The average molecular weight is 807 g/mol. The zero-order chi connectivity index (χ0) is 42.0. The number of carbonyl (C=O) groups is 3. The van der Waals surface area contributed by atoms with Gasteiger partial charge >= 0.3 is 18.2 Å². The molecule has 2 amide bonds. The molecule has 15 nitrogen and oxygen atoms in total. The van der Waals surface area contributed by atoms with Crippen molar-refractivity contribution in [3.8, 4) is 5.75 Å². The number of hydrazine groups is 1. The van der Waals surface area contributed by atoms with Crippen LogP contribution >= 0.6 is 0 Å².